The number of hydrogen-bond acceptors (Lipinski definition) is 3. The SMILES string of the molecule is O=C(CCC(=O)Nc1ccc(Cl)cc1Cl)NNC(=O)Cc1ccc(Cl)cc1. The number of nitrogens with one attached hydrogen (secondary N) is 3. The molecule has 0 radical (unpaired) electrons. The van der Waals surface area contributed by atoms with Gasteiger partial charge in [0.15, 0.2) is 0 Å². The maximum atomic E-state index is 11.9. The summed E-state index contributed by atoms with van der Waals surface area (Å²) in [5, 5.41) is 3.91. The highest BCUT2D eigenvalue weighted by atomic mass is 35.5. The second-order valence-corrected chi connectivity index (χ2v) is 6.85. The van der Waals surface area contributed by atoms with E-state index >= 15 is 0 Å². The molecule has 0 heterocycles. The van der Waals surface area contributed by atoms with Gasteiger partial charge in [-0.25, -0.2) is 0 Å². The maximum absolute atomic E-state index is 11.9. The van der Waals surface area contributed by atoms with Gasteiger partial charge in [-0.15, -0.1) is 0 Å². The van der Waals surface area contributed by atoms with E-state index in [4.69, 9.17) is 34.8 Å². The molecule has 0 fully saturated rings. The molecular formula is C18H16Cl3N3O3. The van der Waals surface area contributed by atoms with Crippen LogP contribution in [0.5, 0.6) is 0 Å². The molecule has 142 valence electrons. The first kappa shape index (κ1) is 21.0. The molecule has 0 aliphatic rings. The number of carbonyl (C=O) groups is 3. The molecule has 6 nitrogen and oxygen atoms in total. The average Bonchev–Trinajstić information content (AvgIpc) is 2.62. The van der Waals surface area contributed by atoms with Gasteiger partial charge in [0.05, 0.1) is 17.1 Å². The number of hydrogen-bond donors (Lipinski definition) is 3. The summed E-state index contributed by atoms with van der Waals surface area (Å²) in [6.45, 7) is 0. The Morgan fingerprint density at radius 3 is 2.00 bits per heavy atom. The highest BCUT2D eigenvalue weighted by Gasteiger charge is 2.10. The molecular weight excluding hydrogens is 413 g/mol. The number of hydrazine groups is 1. The average molecular weight is 429 g/mol. The normalized spacial score (nSPS) is 10.2. The monoisotopic (exact) mass is 427 g/mol. The molecule has 9 heteroatoms. The Morgan fingerprint density at radius 2 is 1.33 bits per heavy atom. The molecule has 0 aliphatic heterocycles. The molecule has 2 rings (SSSR count). The third-order valence-corrected chi connectivity index (χ3v) is 4.20. The summed E-state index contributed by atoms with van der Waals surface area (Å²) in [4.78, 5) is 35.4. The summed E-state index contributed by atoms with van der Waals surface area (Å²) in [5.41, 5.74) is 5.72. The van der Waals surface area contributed by atoms with Crippen molar-refractivity contribution in [2.45, 2.75) is 19.3 Å². The van der Waals surface area contributed by atoms with E-state index in [-0.39, 0.29) is 31.1 Å². The molecule has 0 aromatic heterocycles. The van der Waals surface area contributed by atoms with E-state index in [9.17, 15) is 14.4 Å². The van der Waals surface area contributed by atoms with E-state index in [0.717, 1.165) is 5.56 Å². The molecule has 2 aromatic rings. The van der Waals surface area contributed by atoms with Crippen LogP contribution in [-0.2, 0) is 20.8 Å². The minimum atomic E-state index is -0.489. The molecule has 0 saturated carbocycles. The van der Waals surface area contributed by atoms with Crippen molar-refractivity contribution in [2.75, 3.05) is 5.32 Å². The van der Waals surface area contributed by atoms with Gasteiger partial charge < -0.3 is 5.32 Å². The Bertz CT molecular complexity index is 841. The van der Waals surface area contributed by atoms with E-state index in [1.807, 2.05) is 0 Å². The van der Waals surface area contributed by atoms with Crippen LogP contribution >= 0.6 is 34.8 Å². The fourth-order valence-electron chi connectivity index (χ4n) is 2.06. The zero-order valence-corrected chi connectivity index (χ0v) is 16.3. The molecule has 0 atom stereocenters. The van der Waals surface area contributed by atoms with Gasteiger partial charge in [0.2, 0.25) is 17.7 Å². The van der Waals surface area contributed by atoms with Crippen LogP contribution in [0, 0.1) is 0 Å². The van der Waals surface area contributed by atoms with E-state index in [0.29, 0.717) is 20.8 Å². The highest BCUT2D eigenvalue weighted by molar-refractivity contribution is 6.36. The Morgan fingerprint density at radius 1 is 0.741 bits per heavy atom. The first-order chi connectivity index (χ1) is 12.8. The van der Waals surface area contributed by atoms with Crippen LogP contribution in [0.1, 0.15) is 18.4 Å². The van der Waals surface area contributed by atoms with Crippen LogP contribution in [0.3, 0.4) is 0 Å². The molecule has 3 amide bonds. The Balaban J connectivity index is 1.69. The standard InChI is InChI=1S/C18H16Cl3N3O3/c19-12-3-1-11(2-4-12)9-18(27)24-23-17(26)8-7-16(25)22-15-6-5-13(20)10-14(15)21/h1-6,10H,7-9H2,(H,22,25)(H,23,26)(H,24,27). The zero-order valence-electron chi connectivity index (χ0n) is 14.0. The van der Waals surface area contributed by atoms with Gasteiger partial charge in [0.25, 0.3) is 0 Å². The summed E-state index contributed by atoms with van der Waals surface area (Å²) in [7, 11) is 0. The smallest absolute Gasteiger partial charge is 0.242 e. The summed E-state index contributed by atoms with van der Waals surface area (Å²) in [5.74, 6) is -1.26. The van der Waals surface area contributed by atoms with Gasteiger partial charge in [-0.2, -0.15) is 0 Å². The van der Waals surface area contributed by atoms with E-state index in [1.54, 1.807) is 36.4 Å². The highest BCUT2D eigenvalue weighted by Crippen LogP contribution is 2.25. The molecule has 27 heavy (non-hydrogen) atoms. The molecule has 0 aliphatic carbocycles. The van der Waals surface area contributed by atoms with Crippen molar-refractivity contribution in [3.05, 3.63) is 63.1 Å². The summed E-state index contributed by atoms with van der Waals surface area (Å²) >= 11 is 17.5. The minimum absolute atomic E-state index is 0.0716. The van der Waals surface area contributed by atoms with Crippen molar-refractivity contribution in [1.29, 1.82) is 0 Å². The van der Waals surface area contributed by atoms with Gasteiger partial charge in [0, 0.05) is 22.9 Å². The number of amides is 3. The lowest BCUT2D eigenvalue weighted by molar-refractivity contribution is -0.129. The van der Waals surface area contributed by atoms with Crippen molar-refractivity contribution in [1.82, 2.24) is 10.9 Å². The third kappa shape index (κ3) is 7.46. The fraction of sp³-hybridized carbons (Fsp3) is 0.167. The second-order valence-electron chi connectivity index (χ2n) is 5.57. The van der Waals surface area contributed by atoms with Gasteiger partial charge >= 0.3 is 0 Å². The fourth-order valence-corrected chi connectivity index (χ4v) is 2.65. The van der Waals surface area contributed by atoms with Crippen molar-refractivity contribution >= 4 is 58.2 Å². The van der Waals surface area contributed by atoms with Crippen molar-refractivity contribution in [3.63, 3.8) is 0 Å². The molecule has 2 aromatic carbocycles. The van der Waals surface area contributed by atoms with Gasteiger partial charge in [-0.05, 0) is 35.9 Å². The molecule has 0 spiro atoms. The maximum Gasteiger partial charge on any atom is 0.242 e. The Labute approximate surface area is 171 Å². The van der Waals surface area contributed by atoms with Crippen molar-refractivity contribution in [3.8, 4) is 0 Å². The first-order valence-electron chi connectivity index (χ1n) is 7.90. The van der Waals surface area contributed by atoms with Crippen LogP contribution < -0.4 is 16.2 Å². The third-order valence-electron chi connectivity index (χ3n) is 3.40. The number of benzene rings is 2. The van der Waals surface area contributed by atoms with E-state index in [1.165, 1.54) is 6.07 Å². The lowest BCUT2D eigenvalue weighted by Crippen LogP contribution is -2.42. The summed E-state index contributed by atoms with van der Waals surface area (Å²) in [6, 6.07) is 11.4. The van der Waals surface area contributed by atoms with Gasteiger partial charge in [0.1, 0.15) is 0 Å². The zero-order chi connectivity index (χ0) is 19.8. The Kier molecular flexibility index (Phi) is 7.91. The van der Waals surface area contributed by atoms with Crippen LogP contribution in [0.15, 0.2) is 42.5 Å². The van der Waals surface area contributed by atoms with Crippen LogP contribution in [0.2, 0.25) is 15.1 Å². The molecule has 3 N–H and O–H groups in total. The molecule has 0 unspecified atom stereocenters. The first-order valence-corrected chi connectivity index (χ1v) is 9.04. The predicted octanol–water partition coefficient (Wildman–Crippen LogP) is 3.76. The number of anilines is 1. The lowest BCUT2D eigenvalue weighted by Gasteiger charge is -2.09. The topological polar surface area (TPSA) is 87.3 Å². The number of halogens is 3. The minimum Gasteiger partial charge on any atom is -0.325 e. The predicted molar refractivity (Wildman–Crippen MR) is 106 cm³/mol. The van der Waals surface area contributed by atoms with Crippen LogP contribution in [0.25, 0.3) is 0 Å². The largest absolute Gasteiger partial charge is 0.325 e. The Hall–Kier alpha value is -2.28. The summed E-state index contributed by atoms with van der Waals surface area (Å²) < 4.78 is 0. The van der Waals surface area contributed by atoms with Crippen LogP contribution in [-0.4, -0.2) is 17.7 Å². The molecule has 0 bridgehead atoms. The number of carbonyl (C=O) groups excluding carboxylic acids is 3. The quantitative estimate of drug-likeness (QED) is 0.612. The van der Waals surface area contributed by atoms with Gasteiger partial charge in [-0.3, -0.25) is 25.2 Å². The second kappa shape index (κ2) is 10.2. The van der Waals surface area contributed by atoms with Crippen molar-refractivity contribution in [2.24, 2.45) is 0 Å². The number of rotatable bonds is 6. The summed E-state index contributed by atoms with van der Waals surface area (Å²) in [6.07, 6.45) is -0.0802. The molecule has 0 saturated heterocycles. The lowest BCUT2D eigenvalue weighted by atomic mass is 10.1. The van der Waals surface area contributed by atoms with Crippen molar-refractivity contribution < 1.29 is 14.4 Å². The van der Waals surface area contributed by atoms with E-state index in [2.05, 4.69) is 16.2 Å². The van der Waals surface area contributed by atoms with E-state index < -0.39 is 5.91 Å². The van der Waals surface area contributed by atoms with Crippen LogP contribution in [0.4, 0.5) is 5.69 Å². The van der Waals surface area contributed by atoms with Gasteiger partial charge in [-0.1, -0.05) is 46.9 Å².